The Morgan fingerprint density at radius 2 is 1.29 bits per heavy atom. The van der Waals surface area contributed by atoms with E-state index in [9.17, 15) is 16.8 Å². The van der Waals surface area contributed by atoms with Crippen LogP contribution >= 0.6 is 11.6 Å². The monoisotopic (exact) mass is 519 g/mol. The number of benzene rings is 3. The molecule has 1 atom stereocenters. The molecule has 7 nitrogen and oxygen atoms in total. The van der Waals surface area contributed by atoms with Crippen LogP contribution in [0.2, 0.25) is 5.02 Å². The van der Waals surface area contributed by atoms with Crippen molar-refractivity contribution in [3.05, 3.63) is 95.5 Å². The normalized spacial score (nSPS) is 16.9. The molecule has 1 heterocycles. The maximum Gasteiger partial charge on any atom is 0.243 e. The number of sulfonamides is 2. The van der Waals surface area contributed by atoms with Gasteiger partial charge in [0, 0.05) is 43.8 Å². The molecule has 0 saturated carbocycles. The van der Waals surface area contributed by atoms with E-state index in [4.69, 9.17) is 11.6 Å². The molecule has 180 valence electrons. The maximum atomic E-state index is 13.0. The van der Waals surface area contributed by atoms with Gasteiger partial charge in [0.1, 0.15) is 0 Å². The van der Waals surface area contributed by atoms with Gasteiger partial charge in [-0.05, 0) is 42.0 Å². The Morgan fingerprint density at radius 3 is 1.88 bits per heavy atom. The number of nitrogens with zero attached hydrogens (tertiary/aromatic N) is 2. The van der Waals surface area contributed by atoms with Gasteiger partial charge < -0.3 is 0 Å². The van der Waals surface area contributed by atoms with Crippen LogP contribution in [0.5, 0.6) is 0 Å². The molecule has 10 heteroatoms. The van der Waals surface area contributed by atoms with Crippen LogP contribution in [0.25, 0.3) is 0 Å². The molecular formula is C24H26ClN3O4S2. The van der Waals surface area contributed by atoms with Gasteiger partial charge in [-0.15, -0.1) is 0 Å². The van der Waals surface area contributed by atoms with Crippen molar-refractivity contribution in [1.29, 1.82) is 0 Å². The van der Waals surface area contributed by atoms with Crippen LogP contribution in [0.3, 0.4) is 0 Å². The standard InChI is InChI=1S/C24H26ClN3O4S2/c25-21-11-13-23(14-12-21)34(31,32)28-17-15-27(16-18-28)24(20-7-3-1-4-8-20)19-26-33(29,30)22-9-5-2-6-10-22/h1-14,24,26H,15-19H2. The number of hydrogen-bond acceptors (Lipinski definition) is 5. The second-order valence-electron chi connectivity index (χ2n) is 7.99. The molecule has 34 heavy (non-hydrogen) atoms. The summed E-state index contributed by atoms with van der Waals surface area (Å²) in [6.07, 6.45) is 0. The summed E-state index contributed by atoms with van der Waals surface area (Å²) in [4.78, 5) is 2.54. The number of hydrogen-bond donors (Lipinski definition) is 1. The fourth-order valence-corrected chi connectivity index (χ4v) is 6.62. The van der Waals surface area contributed by atoms with Crippen molar-refractivity contribution in [3.8, 4) is 0 Å². The molecule has 1 N–H and O–H groups in total. The van der Waals surface area contributed by atoms with Crippen molar-refractivity contribution in [1.82, 2.24) is 13.9 Å². The van der Waals surface area contributed by atoms with Crippen molar-refractivity contribution in [2.75, 3.05) is 32.7 Å². The minimum atomic E-state index is -3.67. The van der Waals surface area contributed by atoms with Crippen LogP contribution in [-0.2, 0) is 20.0 Å². The number of piperazine rings is 1. The highest BCUT2D eigenvalue weighted by atomic mass is 35.5. The third-order valence-corrected chi connectivity index (χ3v) is 9.47. The van der Waals surface area contributed by atoms with E-state index in [2.05, 4.69) is 9.62 Å². The molecule has 1 aliphatic rings. The lowest BCUT2D eigenvalue weighted by Crippen LogP contribution is -2.51. The Morgan fingerprint density at radius 1 is 0.735 bits per heavy atom. The Bertz CT molecular complexity index is 1300. The summed E-state index contributed by atoms with van der Waals surface area (Å²) in [6, 6.07) is 23.8. The van der Waals surface area contributed by atoms with E-state index in [0.717, 1.165) is 5.56 Å². The van der Waals surface area contributed by atoms with E-state index >= 15 is 0 Å². The van der Waals surface area contributed by atoms with Crippen LogP contribution in [0.4, 0.5) is 0 Å². The Balaban J connectivity index is 1.48. The largest absolute Gasteiger partial charge is 0.292 e. The zero-order chi connectivity index (χ0) is 24.2. The van der Waals surface area contributed by atoms with Crippen LogP contribution < -0.4 is 4.72 Å². The highest BCUT2D eigenvalue weighted by molar-refractivity contribution is 7.89. The highest BCUT2D eigenvalue weighted by Gasteiger charge is 2.32. The number of halogens is 1. The average molecular weight is 520 g/mol. The Kier molecular flexibility index (Phi) is 7.71. The predicted molar refractivity (Wildman–Crippen MR) is 133 cm³/mol. The van der Waals surface area contributed by atoms with Crippen LogP contribution in [0.15, 0.2) is 94.7 Å². The Hall–Kier alpha value is -2.27. The summed E-state index contributed by atoms with van der Waals surface area (Å²) in [5.41, 5.74) is 0.965. The molecule has 0 aromatic heterocycles. The molecular weight excluding hydrogens is 494 g/mol. The van der Waals surface area contributed by atoms with Gasteiger partial charge in [-0.2, -0.15) is 4.31 Å². The highest BCUT2D eigenvalue weighted by Crippen LogP contribution is 2.25. The minimum Gasteiger partial charge on any atom is -0.292 e. The van der Waals surface area contributed by atoms with Crippen LogP contribution in [0, 0.1) is 0 Å². The second kappa shape index (κ2) is 10.6. The smallest absolute Gasteiger partial charge is 0.243 e. The van der Waals surface area contributed by atoms with Gasteiger partial charge >= 0.3 is 0 Å². The Labute approximate surface area is 206 Å². The predicted octanol–water partition coefficient (Wildman–Crippen LogP) is 3.37. The second-order valence-corrected chi connectivity index (χ2v) is 12.1. The quantitative estimate of drug-likeness (QED) is 0.493. The van der Waals surface area contributed by atoms with Gasteiger partial charge in [0.05, 0.1) is 9.79 Å². The fourth-order valence-electron chi connectivity index (χ4n) is 4.02. The van der Waals surface area contributed by atoms with E-state index in [0.29, 0.717) is 31.2 Å². The molecule has 0 spiro atoms. The molecule has 0 aliphatic carbocycles. The van der Waals surface area contributed by atoms with Gasteiger partial charge in [0.2, 0.25) is 20.0 Å². The summed E-state index contributed by atoms with van der Waals surface area (Å²) >= 11 is 5.90. The van der Waals surface area contributed by atoms with Crippen molar-refractivity contribution in [3.63, 3.8) is 0 Å². The van der Waals surface area contributed by atoms with E-state index in [-0.39, 0.29) is 22.4 Å². The third-order valence-electron chi connectivity index (χ3n) is 5.87. The zero-order valence-electron chi connectivity index (χ0n) is 18.4. The van der Waals surface area contributed by atoms with Crippen LogP contribution in [-0.4, -0.2) is 58.8 Å². The van der Waals surface area contributed by atoms with E-state index in [1.165, 1.54) is 16.4 Å². The first-order valence-electron chi connectivity index (χ1n) is 10.9. The molecule has 4 rings (SSSR count). The lowest BCUT2D eigenvalue weighted by molar-refractivity contribution is 0.138. The summed E-state index contributed by atoms with van der Waals surface area (Å²) in [7, 11) is -7.30. The lowest BCUT2D eigenvalue weighted by atomic mass is 10.0. The lowest BCUT2D eigenvalue weighted by Gasteiger charge is -2.39. The topological polar surface area (TPSA) is 86.8 Å². The summed E-state index contributed by atoms with van der Waals surface area (Å²) in [6.45, 7) is 1.73. The maximum absolute atomic E-state index is 13.0. The first kappa shape index (κ1) is 24.8. The summed E-state index contributed by atoms with van der Waals surface area (Å²) in [5, 5.41) is 0.479. The molecule has 1 saturated heterocycles. The van der Waals surface area contributed by atoms with Gasteiger partial charge in [-0.25, -0.2) is 21.6 Å². The third kappa shape index (κ3) is 5.68. The SMILES string of the molecule is O=S(=O)(NCC(c1ccccc1)N1CCN(S(=O)(=O)c2ccc(Cl)cc2)CC1)c1ccccc1. The van der Waals surface area contributed by atoms with Crippen molar-refractivity contribution >= 4 is 31.6 Å². The van der Waals surface area contributed by atoms with Gasteiger partial charge in [0.25, 0.3) is 0 Å². The van der Waals surface area contributed by atoms with Crippen molar-refractivity contribution in [2.45, 2.75) is 15.8 Å². The van der Waals surface area contributed by atoms with E-state index in [1.807, 2.05) is 30.3 Å². The average Bonchev–Trinajstić information content (AvgIpc) is 2.86. The minimum absolute atomic E-state index is 0.172. The molecule has 0 radical (unpaired) electrons. The van der Waals surface area contributed by atoms with E-state index in [1.54, 1.807) is 42.5 Å². The molecule has 1 fully saturated rings. The molecule has 1 unspecified atom stereocenters. The summed E-state index contributed by atoms with van der Waals surface area (Å²) in [5.74, 6) is 0. The first-order chi connectivity index (χ1) is 16.3. The van der Waals surface area contributed by atoms with E-state index < -0.39 is 20.0 Å². The first-order valence-corrected chi connectivity index (χ1v) is 14.2. The summed E-state index contributed by atoms with van der Waals surface area (Å²) < 4.78 is 55.8. The van der Waals surface area contributed by atoms with Crippen molar-refractivity contribution < 1.29 is 16.8 Å². The van der Waals surface area contributed by atoms with Crippen LogP contribution in [0.1, 0.15) is 11.6 Å². The molecule has 0 amide bonds. The molecule has 1 aliphatic heterocycles. The fraction of sp³-hybridized carbons (Fsp3) is 0.250. The van der Waals surface area contributed by atoms with Crippen molar-refractivity contribution in [2.24, 2.45) is 0 Å². The number of nitrogens with one attached hydrogen (secondary N) is 1. The van der Waals surface area contributed by atoms with Gasteiger partial charge in [-0.3, -0.25) is 4.90 Å². The van der Waals surface area contributed by atoms with Gasteiger partial charge in [-0.1, -0.05) is 60.1 Å². The number of rotatable bonds is 8. The van der Waals surface area contributed by atoms with Gasteiger partial charge in [0.15, 0.2) is 0 Å². The molecule has 0 bridgehead atoms. The zero-order valence-corrected chi connectivity index (χ0v) is 20.8. The molecule has 3 aromatic rings. The molecule has 3 aromatic carbocycles.